The zero-order chi connectivity index (χ0) is 10.3. The van der Waals surface area contributed by atoms with E-state index in [1.54, 1.807) is 0 Å². The molecule has 0 amide bonds. The second-order valence-corrected chi connectivity index (χ2v) is 2.22. The molecule has 0 rings (SSSR count). The Morgan fingerprint density at radius 3 is 0.929 bits per heavy atom. The minimum atomic E-state index is -0.685. The number of hydrogen-bond acceptors (Lipinski definition) is 4. The smallest absolute Gasteiger partial charge is 0.859 e. The molecule has 0 aliphatic rings. The van der Waals surface area contributed by atoms with Crippen LogP contribution in [-0.4, -0.2) is 11.8 Å². The van der Waals surface area contributed by atoms with Gasteiger partial charge in [-0.1, -0.05) is 13.2 Å². The van der Waals surface area contributed by atoms with Crippen molar-refractivity contribution in [3.63, 3.8) is 0 Å². The van der Waals surface area contributed by atoms with Gasteiger partial charge in [0, 0.05) is 0 Å². The van der Waals surface area contributed by atoms with Crippen LogP contribution in [0.2, 0.25) is 0 Å². The topological polar surface area (TPSA) is 93.8 Å². The quantitative estimate of drug-likeness (QED) is 0.288. The van der Waals surface area contributed by atoms with Crippen LogP contribution in [0.4, 0.5) is 0 Å². The number of nitrogens with one attached hydrogen (secondary N) is 2. The third-order valence-corrected chi connectivity index (χ3v) is 0.775. The molecule has 2 N–H and O–H groups in total. The van der Waals surface area contributed by atoms with Crippen LogP contribution in [0.1, 0.15) is 13.8 Å². The third-order valence-electron chi connectivity index (χ3n) is 0.775. The van der Waals surface area contributed by atoms with Gasteiger partial charge in [0.15, 0.2) is 0 Å². The van der Waals surface area contributed by atoms with Crippen molar-refractivity contribution in [2.75, 3.05) is 0 Å². The first kappa shape index (κ1) is 24.8. The number of rotatable bonds is 2. The molecule has 0 aromatic carbocycles. The van der Waals surface area contributed by atoms with Crippen LogP contribution < -0.4 is 113 Å². The van der Waals surface area contributed by atoms with Crippen LogP contribution >= 0.6 is 0 Å². The van der Waals surface area contributed by atoms with Crippen LogP contribution in [0.5, 0.6) is 0 Å². The summed E-state index contributed by atoms with van der Waals surface area (Å²) in [6, 6.07) is 0. The predicted octanol–water partition coefficient (Wildman–Crippen LogP) is -6.19. The number of hydrogen-bond donors (Lipinski definition) is 2. The van der Waals surface area contributed by atoms with Crippen molar-refractivity contribution in [2.45, 2.75) is 13.8 Å². The van der Waals surface area contributed by atoms with E-state index in [1.165, 1.54) is 13.8 Å². The van der Waals surface area contributed by atoms with E-state index in [2.05, 4.69) is 13.2 Å². The van der Waals surface area contributed by atoms with Gasteiger partial charge in [-0.3, -0.25) is 0 Å². The summed E-state index contributed by atoms with van der Waals surface area (Å²) in [5.41, 5.74) is 0.574. The SMILES string of the molecule is C=C(C)C(=N)[O-].C=C(C)C(=N)[O-].[K+].[K+]. The maximum atomic E-state index is 9.71. The Morgan fingerprint density at radius 1 is 0.857 bits per heavy atom. The van der Waals surface area contributed by atoms with Crippen LogP contribution in [0.15, 0.2) is 24.3 Å². The maximum absolute atomic E-state index is 9.71. The summed E-state index contributed by atoms with van der Waals surface area (Å²) in [6.07, 6.45) is 0. The van der Waals surface area contributed by atoms with Crippen LogP contribution in [-0.2, 0) is 0 Å². The first-order chi connectivity index (χ1) is 5.29. The summed E-state index contributed by atoms with van der Waals surface area (Å²) in [6.45, 7) is 9.45. The molecule has 0 atom stereocenters. The average Bonchev–Trinajstić information content (AvgIpc) is 1.88. The Morgan fingerprint density at radius 2 is 0.929 bits per heavy atom. The van der Waals surface area contributed by atoms with Crippen LogP contribution in [0.3, 0.4) is 0 Å². The molecule has 6 heteroatoms. The predicted molar refractivity (Wildman–Crippen MR) is 45.1 cm³/mol. The van der Waals surface area contributed by atoms with Crippen LogP contribution in [0.25, 0.3) is 0 Å². The van der Waals surface area contributed by atoms with Gasteiger partial charge in [0.1, 0.15) is 0 Å². The van der Waals surface area contributed by atoms with Crippen LogP contribution in [0, 0.1) is 10.8 Å². The Hall–Kier alpha value is 1.69. The van der Waals surface area contributed by atoms with E-state index in [-0.39, 0.29) is 114 Å². The van der Waals surface area contributed by atoms with E-state index in [1.807, 2.05) is 0 Å². The summed E-state index contributed by atoms with van der Waals surface area (Å²) in [4.78, 5) is 0. The molecule has 68 valence electrons. The van der Waals surface area contributed by atoms with Crippen molar-refractivity contribution >= 4 is 11.8 Å². The minimum Gasteiger partial charge on any atom is -0.859 e. The Balaban J connectivity index is -0.0000000625. The molecule has 0 fully saturated rings. The Bertz CT molecular complexity index is 179. The molecular formula is C8H12K2N2O2. The average molecular weight is 246 g/mol. The molecule has 0 unspecified atom stereocenters. The fourth-order valence-corrected chi connectivity index (χ4v) is 0. The normalized spacial score (nSPS) is 6.43. The Labute approximate surface area is 170 Å². The van der Waals surface area contributed by atoms with Crippen molar-refractivity contribution < 1.29 is 113 Å². The first-order valence-corrected chi connectivity index (χ1v) is 3.12. The summed E-state index contributed by atoms with van der Waals surface area (Å²) < 4.78 is 0. The largest absolute Gasteiger partial charge is 1.00 e. The molecule has 14 heavy (non-hydrogen) atoms. The van der Waals surface area contributed by atoms with Gasteiger partial charge in [-0.05, 0) is 36.8 Å². The molecule has 0 aromatic heterocycles. The van der Waals surface area contributed by atoms with E-state index in [9.17, 15) is 10.2 Å². The molecule has 0 aliphatic heterocycles. The van der Waals surface area contributed by atoms with Gasteiger partial charge < -0.3 is 21.0 Å². The minimum absolute atomic E-state index is 0. The summed E-state index contributed by atoms with van der Waals surface area (Å²) in [7, 11) is 0. The fourth-order valence-electron chi connectivity index (χ4n) is 0. The van der Waals surface area contributed by atoms with Gasteiger partial charge in [-0.25, -0.2) is 0 Å². The standard InChI is InChI=1S/2C4H7NO.2K/c2*1-3(2)4(5)6;;/h2*1H2,2H3,(H2,5,6);;/q;;2*+1/p-2. The molecule has 0 aliphatic carbocycles. The molecule has 0 aromatic rings. The summed E-state index contributed by atoms with van der Waals surface area (Å²) in [5.74, 6) is -1.37. The maximum Gasteiger partial charge on any atom is 1.00 e. The zero-order valence-electron chi connectivity index (χ0n) is 9.23. The zero-order valence-corrected chi connectivity index (χ0v) is 15.5. The monoisotopic (exact) mass is 246 g/mol. The second-order valence-electron chi connectivity index (χ2n) is 2.22. The van der Waals surface area contributed by atoms with Crippen molar-refractivity contribution in [1.29, 1.82) is 10.8 Å². The van der Waals surface area contributed by atoms with E-state index in [0.29, 0.717) is 0 Å². The van der Waals surface area contributed by atoms with Gasteiger partial charge in [0.25, 0.3) is 0 Å². The fraction of sp³-hybridized carbons (Fsp3) is 0.250. The van der Waals surface area contributed by atoms with Gasteiger partial charge in [-0.2, -0.15) is 0 Å². The molecule has 0 saturated heterocycles. The van der Waals surface area contributed by atoms with Crippen molar-refractivity contribution in [3.8, 4) is 0 Å². The molecule has 0 saturated carbocycles. The third kappa shape index (κ3) is 23.5. The van der Waals surface area contributed by atoms with E-state index in [4.69, 9.17) is 10.8 Å². The summed E-state index contributed by atoms with van der Waals surface area (Å²) in [5, 5.41) is 32.0. The summed E-state index contributed by atoms with van der Waals surface area (Å²) >= 11 is 0. The van der Waals surface area contributed by atoms with Crippen molar-refractivity contribution in [2.24, 2.45) is 0 Å². The van der Waals surface area contributed by atoms with Gasteiger partial charge in [0.05, 0.1) is 0 Å². The molecule has 4 nitrogen and oxygen atoms in total. The molecule has 0 radical (unpaired) electrons. The van der Waals surface area contributed by atoms with Crippen molar-refractivity contribution in [1.82, 2.24) is 0 Å². The molecule has 0 spiro atoms. The van der Waals surface area contributed by atoms with E-state index >= 15 is 0 Å². The second kappa shape index (κ2) is 14.7. The first-order valence-electron chi connectivity index (χ1n) is 3.12. The van der Waals surface area contributed by atoms with Gasteiger partial charge >= 0.3 is 103 Å². The molecule has 0 bridgehead atoms. The van der Waals surface area contributed by atoms with E-state index < -0.39 is 11.8 Å². The van der Waals surface area contributed by atoms with Gasteiger partial charge in [0.2, 0.25) is 0 Å². The molecular weight excluding hydrogens is 234 g/mol. The Kier molecular flexibility index (Phi) is 26.0. The molecule has 0 heterocycles. The van der Waals surface area contributed by atoms with Gasteiger partial charge in [-0.15, -0.1) is 0 Å². The van der Waals surface area contributed by atoms with Crippen molar-refractivity contribution in [3.05, 3.63) is 24.3 Å². The van der Waals surface area contributed by atoms with E-state index in [0.717, 1.165) is 0 Å².